The maximum Gasteiger partial charge on any atom is 0.210 e. The van der Waals surface area contributed by atoms with Gasteiger partial charge in [0.15, 0.2) is 11.5 Å². The number of hydrogen-bond acceptors (Lipinski definition) is 4. The summed E-state index contributed by atoms with van der Waals surface area (Å²) in [5, 5.41) is 3.34. The minimum atomic E-state index is -0.436. The molecule has 4 nitrogen and oxygen atoms in total. The van der Waals surface area contributed by atoms with Crippen LogP contribution in [0.3, 0.4) is 0 Å². The van der Waals surface area contributed by atoms with E-state index in [1.54, 1.807) is 0 Å². The summed E-state index contributed by atoms with van der Waals surface area (Å²) in [4.78, 5) is 0. The highest BCUT2D eigenvalue weighted by Crippen LogP contribution is 2.41. The molecule has 2 heterocycles. The average molecular weight is 281 g/mol. The quantitative estimate of drug-likeness (QED) is 0.921. The molecule has 3 rings (SSSR count). The zero-order chi connectivity index (χ0) is 13.9. The fourth-order valence-electron chi connectivity index (χ4n) is 2.95. The van der Waals surface area contributed by atoms with Crippen molar-refractivity contribution in [3.63, 3.8) is 0 Å². The molecule has 1 aromatic carbocycles. The zero-order valence-electron chi connectivity index (χ0n) is 11.7. The van der Waals surface area contributed by atoms with Gasteiger partial charge in [0.2, 0.25) is 11.6 Å². The molecule has 1 saturated heterocycles. The Morgan fingerprint density at radius 1 is 1.30 bits per heavy atom. The Morgan fingerprint density at radius 2 is 2.05 bits per heavy atom. The van der Waals surface area contributed by atoms with Gasteiger partial charge < -0.3 is 19.5 Å². The number of halogens is 1. The molecular weight excluding hydrogens is 261 g/mol. The molecule has 0 atom stereocenters. The van der Waals surface area contributed by atoms with Gasteiger partial charge in [-0.15, -0.1) is 0 Å². The summed E-state index contributed by atoms with van der Waals surface area (Å²) in [6, 6.07) is 1.87. The molecule has 0 radical (unpaired) electrons. The monoisotopic (exact) mass is 281 g/mol. The van der Waals surface area contributed by atoms with E-state index in [-0.39, 0.29) is 5.75 Å². The van der Waals surface area contributed by atoms with Crippen LogP contribution in [0.4, 0.5) is 4.39 Å². The van der Waals surface area contributed by atoms with Crippen LogP contribution in [0.25, 0.3) is 0 Å². The Labute approximate surface area is 118 Å². The predicted octanol–water partition coefficient (Wildman–Crippen LogP) is 2.15. The van der Waals surface area contributed by atoms with Crippen molar-refractivity contribution >= 4 is 0 Å². The lowest BCUT2D eigenvalue weighted by molar-refractivity contribution is 0.162. The topological polar surface area (TPSA) is 39.7 Å². The molecule has 0 amide bonds. The average Bonchev–Trinajstić information content (AvgIpc) is 2.49. The lowest BCUT2D eigenvalue weighted by Gasteiger charge is -2.25. The molecule has 0 saturated carbocycles. The van der Waals surface area contributed by atoms with Gasteiger partial charge in [-0.3, -0.25) is 0 Å². The molecule has 1 aromatic rings. The lowest BCUT2D eigenvalue weighted by Crippen LogP contribution is -2.28. The van der Waals surface area contributed by atoms with Crippen LogP contribution in [0.2, 0.25) is 0 Å². The molecule has 20 heavy (non-hydrogen) atoms. The van der Waals surface area contributed by atoms with E-state index in [2.05, 4.69) is 5.32 Å². The summed E-state index contributed by atoms with van der Waals surface area (Å²) in [6.45, 7) is 2.90. The minimum absolute atomic E-state index is 0.183. The maximum absolute atomic E-state index is 14.4. The summed E-state index contributed by atoms with van der Waals surface area (Å²) in [5.41, 5.74) is 0.876. The molecule has 0 aromatic heterocycles. The lowest BCUT2D eigenvalue weighted by atomic mass is 9.90. The maximum atomic E-state index is 14.4. The van der Waals surface area contributed by atoms with Crippen molar-refractivity contribution in [1.82, 2.24) is 5.32 Å². The van der Waals surface area contributed by atoms with E-state index in [1.165, 1.54) is 7.11 Å². The molecule has 2 aliphatic heterocycles. The van der Waals surface area contributed by atoms with Gasteiger partial charge in [0.1, 0.15) is 13.2 Å². The summed E-state index contributed by atoms with van der Waals surface area (Å²) in [5.74, 6) is 1.11. The Morgan fingerprint density at radius 3 is 2.80 bits per heavy atom. The van der Waals surface area contributed by atoms with Crippen LogP contribution in [-0.4, -0.2) is 33.4 Å². The first-order chi connectivity index (χ1) is 9.79. The fourth-order valence-corrected chi connectivity index (χ4v) is 2.95. The van der Waals surface area contributed by atoms with Crippen LogP contribution in [0.15, 0.2) is 6.07 Å². The zero-order valence-corrected chi connectivity index (χ0v) is 11.7. The number of nitrogens with one attached hydrogen (secondary N) is 1. The first-order valence-electron chi connectivity index (χ1n) is 7.15. The Hall–Kier alpha value is -1.49. The van der Waals surface area contributed by atoms with Gasteiger partial charge in [-0.05, 0) is 44.3 Å². The van der Waals surface area contributed by atoms with Crippen molar-refractivity contribution in [2.24, 2.45) is 5.92 Å². The molecule has 110 valence electrons. The molecule has 0 bridgehead atoms. The highest BCUT2D eigenvalue weighted by Gasteiger charge is 2.25. The first-order valence-corrected chi connectivity index (χ1v) is 7.15. The Balaban J connectivity index is 1.90. The van der Waals surface area contributed by atoms with E-state index in [9.17, 15) is 4.39 Å². The molecule has 0 unspecified atom stereocenters. The second kappa shape index (κ2) is 5.87. The normalized spacial score (nSPS) is 18.9. The molecule has 5 heteroatoms. The van der Waals surface area contributed by atoms with Crippen LogP contribution < -0.4 is 19.5 Å². The van der Waals surface area contributed by atoms with Gasteiger partial charge in [-0.2, -0.15) is 4.39 Å². The van der Waals surface area contributed by atoms with Crippen molar-refractivity contribution in [2.75, 3.05) is 33.4 Å². The van der Waals surface area contributed by atoms with E-state index in [4.69, 9.17) is 14.2 Å². The number of fused-ring (bicyclic) bond motifs is 1. The van der Waals surface area contributed by atoms with Crippen molar-refractivity contribution in [1.29, 1.82) is 0 Å². The summed E-state index contributed by atoms with van der Waals surface area (Å²) in [7, 11) is 1.50. The van der Waals surface area contributed by atoms with E-state index < -0.39 is 5.82 Å². The summed E-state index contributed by atoms with van der Waals surface area (Å²) in [6.07, 6.45) is 3.04. The molecule has 0 aliphatic carbocycles. The third kappa shape index (κ3) is 2.54. The van der Waals surface area contributed by atoms with Gasteiger partial charge >= 0.3 is 0 Å². The highest BCUT2D eigenvalue weighted by molar-refractivity contribution is 5.53. The van der Waals surface area contributed by atoms with E-state index in [1.807, 2.05) is 6.07 Å². The van der Waals surface area contributed by atoms with Crippen molar-refractivity contribution in [3.8, 4) is 17.2 Å². The molecule has 2 aliphatic rings. The van der Waals surface area contributed by atoms with Gasteiger partial charge in [-0.25, -0.2) is 0 Å². The third-order valence-corrected chi connectivity index (χ3v) is 3.98. The van der Waals surface area contributed by atoms with Crippen LogP contribution in [0.1, 0.15) is 18.4 Å². The Bertz CT molecular complexity index is 486. The Kier molecular flexibility index (Phi) is 3.96. The predicted molar refractivity (Wildman–Crippen MR) is 73.2 cm³/mol. The number of hydrogen-bond donors (Lipinski definition) is 1. The first kappa shape index (κ1) is 13.5. The minimum Gasteiger partial charge on any atom is -0.493 e. The number of piperidine rings is 1. The number of methoxy groups -OCH3 is 1. The SMILES string of the molecule is COc1c(CC2CCNCC2)cc2c(c1F)OCCO2. The number of benzene rings is 1. The van der Waals surface area contributed by atoms with Crippen molar-refractivity contribution < 1.29 is 18.6 Å². The highest BCUT2D eigenvalue weighted by atomic mass is 19.1. The largest absolute Gasteiger partial charge is 0.493 e. The van der Waals surface area contributed by atoms with Crippen LogP contribution in [-0.2, 0) is 6.42 Å². The molecule has 1 fully saturated rings. The van der Waals surface area contributed by atoms with Crippen LogP contribution >= 0.6 is 0 Å². The fraction of sp³-hybridized carbons (Fsp3) is 0.600. The van der Waals surface area contributed by atoms with Gasteiger partial charge in [-0.1, -0.05) is 0 Å². The third-order valence-electron chi connectivity index (χ3n) is 3.98. The van der Waals surface area contributed by atoms with Gasteiger partial charge in [0.25, 0.3) is 0 Å². The van der Waals surface area contributed by atoms with Crippen LogP contribution in [0.5, 0.6) is 17.2 Å². The number of ether oxygens (including phenoxy) is 3. The molecule has 0 spiro atoms. The van der Waals surface area contributed by atoms with Crippen molar-refractivity contribution in [3.05, 3.63) is 17.4 Å². The van der Waals surface area contributed by atoms with Crippen LogP contribution in [0, 0.1) is 11.7 Å². The smallest absolute Gasteiger partial charge is 0.210 e. The van der Waals surface area contributed by atoms with E-state index in [0.29, 0.717) is 30.6 Å². The van der Waals surface area contributed by atoms with Crippen molar-refractivity contribution in [2.45, 2.75) is 19.3 Å². The van der Waals surface area contributed by atoms with E-state index in [0.717, 1.165) is 37.9 Å². The number of rotatable bonds is 3. The second-order valence-electron chi connectivity index (χ2n) is 5.30. The molecular formula is C15H20FNO3. The molecule has 1 N–H and O–H groups in total. The summed E-state index contributed by atoms with van der Waals surface area (Å²) >= 11 is 0. The second-order valence-corrected chi connectivity index (χ2v) is 5.30. The summed E-state index contributed by atoms with van der Waals surface area (Å²) < 4.78 is 30.5. The standard InChI is InChI=1S/C15H20FNO3/c1-18-14-11(8-10-2-4-17-5-3-10)9-12-15(13(14)16)20-7-6-19-12/h9-10,17H,2-8H2,1H3. The van der Waals surface area contributed by atoms with E-state index >= 15 is 0 Å². The van der Waals surface area contributed by atoms with Gasteiger partial charge in [0, 0.05) is 5.56 Å². The van der Waals surface area contributed by atoms with Gasteiger partial charge in [0.05, 0.1) is 7.11 Å².